The molecule has 6 heterocycles. The van der Waals surface area contributed by atoms with Crippen molar-refractivity contribution in [3.63, 3.8) is 0 Å². The van der Waals surface area contributed by atoms with Gasteiger partial charge in [0.15, 0.2) is 0 Å². The third-order valence-corrected chi connectivity index (χ3v) is 6.35. The molecule has 0 atom stereocenters. The van der Waals surface area contributed by atoms with Crippen molar-refractivity contribution >= 4 is 46.0 Å². The molecule has 0 bridgehead atoms. The third kappa shape index (κ3) is 8.56. The summed E-state index contributed by atoms with van der Waals surface area (Å²) in [5, 5.41) is 4.67. The Morgan fingerprint density at radius 1 is 0.545 bits per heavy atom. The van der Waals surface area contributed by atoms with Crippen LogP contribution in [0.2, 0.25) is 0 Å². The number of amides is 1. The van der Waals surface area contributed by atoms with Gasteiger partial charge in [0.05, 0.1) is 45.2 Å². The SMILES string of the molecule is O=C(CS)Nc1cc2cccnc2c2ncccc12.[Ru].c1ccc(-c2ccccn2)nc1.c1ccc(-c2ccccn2)nc1. The van der Waals surface area contributed by atoms with Crippen LogP contribution in [-0.2, 0) is 24.3 Å². The van der Waals surface area contributed by atoms with E-state index in [0.29, 0.717) is 0 Å². The molecule has 0 spiro atoms. The average molecular weight is 683 g/mol. The molecule has 0 unspecified atom stereocenters. The van der Waals surface area contributed by atoms with Crippen LogP contribution in [-0.4, -0.2) is 41.6 Å². The van der Waals surface area contributed by atoms with Crippen molar-refractivity contribution in [1.82, 2.24) is 29.9 Å². The first-order chi connectivity index (χ1) is 21.2. The number of hydrogen-bond acceptors (Lipinski definition) is 8. The van der Waals surface area contributed by atoms with E-state index in [0.717, 1.165) is 50.3 Å². The maximum atomic E-state index is 11.5. The van der Waals surface area contributed by atoms with Gasteiger partial charge in [0, 0.05) is 67.4 Å². The molecule has 0 saturated heterocycles. The number of fused-ring (bicyclic) bond motifs is 3. The van der Waals surface area contributed by atoms with Crippen molar-refractivity contribution < 1.29 is 24.3 Å². The third-order valence-electron chi connectivity index (χ3n) is 6.06. The standard InChI is InChI=1S/C14H11N3OS.2C10H8N2.Ru/c18-12(8-19)17-11-7-9-3-1-5-15-13(9)14-10(11)4-2-6-16-14;2*1-3-7-11-9(5-1)10-6-2-4-8-12-10;/h1-7,19H,8H2,(H,17,18);2*1-8H;. The van der Waals surface area contributed by atoms with Crippen LogP contribution in [0.15, 0.2) is 140 Å². The first-order valence-electron chi connectivity index (χ1n) is 13.4. The van der Waals surface area contributed by atoms with Gasteiger partial charge in [-0.3, -0.25) is 34.7 Å². The maximum absolute atomic E-state index is 11.5. The predicted molar refractivity (Wildman–Crippen MR) is 174 cm³/mol. The number of nitrogens with zero attached hydrogens (tertiary/aromatic N) is 6. The van der Waals surface area contributed by atoms with E-state index in [1.807, 2.05) is 103 Å². The Balaban J connectivity index is 0.000000155. The molecule has 0 aliphatic heterocycles. The summed E-state index contributed by atoms with van der Waals surface area (Å²) in [6.07, 6.45) is 10.5. The molecule has 0 fully saturated rings. The zero-order chi connectivity index (χ0) is 29.7. The van der Waals surface area contributed by atoms with Gasteiger partial charge in [0.2, 0.25) is 5.91 Å². The zero-order valence-electron chi connectivity index (χ0n) is 23.4. The second-order valence-corrected chi connectivity index (χ2v) is 9.28. The van der Waals surface area contributed by atoms with Crippen LogP contribution in [0.25, 0.3) is 44.6 Å². The molecule has 7 rings (SSSR count). The minimum absolute atomic E-state index is 0. The van der Waals surface area contributed by atoms with Crippen molar-refractivity contribution in [3.8, 4) is 22.8 Å². The van der Waals surface area contributed by atoms with Crippen LogP contribution in [0, 0.1) is 0 Å². The first-order valence-corrected chi connectivity index (χ1v) is 14.0. The molecule has 0 saturated carbocycles. The van der Waals surface area contributed by atoms with E-state index < -0.39 is 0 Å². The Morgan fingerprint density at radius 3 is 1.41 bits per heavy atom. The Hall–Kier alpha value is -4.92. The van der Waals surface area contributed by atoms with E-state index in [1.54, 1.807) is 37.2 Å². The fourth-order valence-corrected chi connectivity index (χ4v) is 4.21. The van der Waals surface area contributed by atoms with Crippen LogP contribution in [0.1, 0.15) is 0 Å². The molecule has 0 aliphatic rings. The Morgan fingerprint density at radius 2 is 0.977 bits per heavy atom. The molecule has 0 radical (unpaired) electrons. The van der Waals surface area contributed by atoms with Gasteiger partial charge < -0.3 is 5.32 Å². The molecule has 1 N–H and O–H groups in total. The minimum Gasteiger partial charge on any atom is -0.325 e. The van der Waals surface area contributed by atoms with E-state index in [4.69, 9.17) is 0 Å². The summed E-state index contributed by atoms with van der Waals surface area (Å²) in [5.41, 5.74) is 6.02. The Bertz CT molecular complexity index is 1750. The molecule has 8 nitrogen and oxygen atoms in total. The number of hydrogen-bond donors (Lipinski definition) is 2. The number of aromatic nitrogens is 6. The number of thiol groups is 1. The molecule has 6 aromatic heterocycles. The molecule has 1 amide bonds. The number of rotatable bonds is 4. The summed E-state index contributed by atoms with van der Waals surface area (Å²) in [6.45, 7) is 0. The van der Waals surface area contributed by atoms with Gasteiger partial charge in [-0.15, -0.1) is 0 Å². The van der Waals surface area contributed by atoms with Crippen molar-refractivity contribution in [3.05, 3.63) is 140 Å². The van der Waals surface area contributed by atoms with E-state index in [9.17, 15) is 4.79 Å². The van der Waals surface area contributed by atoms with Gasteiger partial charge in [0.1, 0.15) is 0 Å². The largest absolute Gasteiger partial charge is 0.325 e. The number of carbonyl (C=O) groups is 1. The summed E-state index contributed by atoms with van der Waals surface area (Å²) in [7, 11) is 0. The van der Waals surface area contributed by atoms with Gasteiger partial charge >= 0.3 is 0 Å². The topological polar surface area (TPSA) is 106 Å². The van der Waals surface area contributed by atoms with E-state index in [-0.39, 0.29) is 31.1 Å². The number of carbonyl (C=O) groups excluding carboxylic acids is 1. The molecule has 218 valence electrons. The predicted octanol–water partition coefficient (Wildman–Crippen LogP) is 6.94. The fraction of sp³-hybridized carbons (Fsp3) is 0.0294. The van der Waals surface area contributed by atoms with E-state index >= 15 is 0 Å². The second kappa shape index (κ2) is 16.7. The second-order valence-electron chi connectivity index (χ2n) is 8.97. The first kappa shape index (κ1) is 32.0. The minimum atomic E-state index is -0.142. The van der Waals surface area contributed by atoms with Crippen LogP contribution >= 0.6 is 12.6 Å². The van der Waals surface area contributed by atoms with Gasteiger partial charge in [-0.05, 0) is 72.8 Å². The number of benzene rings is 1. The molecule has 10 heteroatoms. The summed E-state index contributed by atoms with van der Waals surface area (Å²) in [4.78, 5) is 37.0. The van der Waals surface area contributed by atoms with E-state index in [1.165, 1.54) is 0 Å². The van der Waals surface area contributed by atoms with E-state index in [2.05, 4.69) is 47.8 Å². The van der Waals surface area contributed by atoms with Crippen molar-refractivity contribution in [2.75, 3.05) is 11.1 Å². The average Bonchev–Trinajstić information content (AvgIpc) is 3.10. The Labute approximate surface area is 273 Å². The number of nitrogens with one attached hydrogen (secondary N) is 1. The van der Waals surface area contributed by atoms with Crippen LogP contribution in [0.3, 0.4) is 0 Å². The molecular formula is C34H27N7ORuS. The quantitative estimate of drug-likeness (QED) is 0.118. The normalized spacial score (nSPS) is 9.93. The molecular weight excluding hydrogens is 656 g/mol. The number of pyridine rings is 6. The Kier molecular flexibility index (Phi) is 12.1. The molecule has 0 aliphatic carbocycles. The maximum Gasteiger partial charge on any atom is 0.234 e. The smallest absolute Gasteiger partial charge is 0.234 e. The summed E-state index contributed by atoms with van der Waals surface area (Å²) in [6, 6.07) is 32.7. The molecule has 7 aromatic rings. The van der Waals surface area contributed by atoms with Gasteiger partial charge in [-0.1, -0.05) is 30.3 Å². The van der Waals surface area contributed by atoms with Gasteiger partial charge in [-0.25, -0.2) is 0 Å². The molecule has 44 heavy (non-hydrogen) atoms. The summed E-state index contributed by atoms with van der Waals surface area (Å²) in [5.74, 6) is 0.00375. The molecule has 1 aromatic carbocycles. The zero-order valence-corrected chi connectivity index (χ0v) is 26.0. The summed E-state index contributed by atoms with van der Waals surface area (Å²) >= 11 is 3.97. The van der Waals surface area contributed by atoms with Crippen LogP contribution in [0.5, 0.6) is 0 Å². The van der Waals surface area contributed by atoms with Crippen LogP contribution < -0.4 is 5.32 Å². The van der Waals surface area contributed by atoms with Crippen LogP contribution in [0.4, 0.5) is 5.69 Å². The fourth-order valence-electron chi connectivity index (χ4n) is 4.13. The number of anilines is 1. The summed E-state index contributed by atoms with van der Waals surface area (Å²) < 4.78 is 0. The van der Waals surface area contributed by atoms with Gasteiger partial charge in [0.25, 0.3) is 0 Å². The van der Waals surface area contributed by atoms with Gasteiger partial charge in [-0.2, -0.15) is 12.6 Å². The van der Waals surface area contributed by atoms with Crippen molar-refractivity contribution in [2.24, 2.45) is 0 Å². The van der Waals surface area contributed by atoms with Crippen molar-refractivity contribution in [1.29, 1.82) is 0 Å². The van der Waals surface area contributed by atoms with Crippen molar-refractivity contribution in [2.45, 2.75) is 0 Å². The monoisotopic (exact) mass is 683 g/mol.